The summed E-state index contributed by atoms with van der Waals surface area (Å²) in [5, 5.41) is 27.6. The van der Waals surface area contributed by atoms with Crippen LogP contribution in [0.25, 0.3) is 38.8 Å². The van der Waals surface area contributed by atoms with Crippen molar-refractivity contribution < 1.29 is 0 Å². The SMILES string of the molecule is C1=CCC=C1.C1=CCN=C1.C1=CN=CC1.C1=Cc2ccccc2C1.C1=NCc2ccccc21.CC.CC.CC.CC.CC.CC.CC.CC.CC.CC.CC.CC.CC.CC.c1ccc2cnccc2c1.c1ccc2ncccc2c1.c1ccc2nccnc2c1.c1ccncc1.c1ccnnc1.c1cn[nH]n1.c1cnc2c(n1)CN=N2.c1cnccn1.c1cncnc1. The number of pyridine rings is 3. The van der Waals surface area contributed by atoms with E-state index in [0.717, 1.165) is 54.6 Å². The molecule has 0 saturated carbocycles. The molecule has 9 aromatic heterocycles. The van der Waals surface area contributed by atoms with E-state index in [1.807, 2.05) is 352 Å². The van der Waals surface area contributed by atoms with Crippen LogP contribution in [0.5, 0.6) is 0 Å². The van der Waals surface area contributed by atoms with Crippen LogP contribution in [0.1, 0.15) is 235 Å². The lowest BCUT2D eigenvalue weighted by atomic mass is 10.1. The standard InChI is InChI=1S/2C9H7N.C9H8.C8H6N2.C8H7N.C5H4N4.C5H5N.C5H6.3C4H4N2.2C4H5N.C2H3N3.14C2H6/c1-2-6-9-8(4-1)5-3-7-10-9;1-2-4-9-7-10-6-5-8(9)3-1;1-2-5-9-7-3-6-8(9)4-1;1-2-4-8-7(3-1)9-5-6-10-8;1-2-4-8-6-9-5-7(8)3-1;1-2-7-5-4(6-1)3-8-9-5;1-2-4-6-5-3-1;1-2-4-5-3-1;1-2-6-4-3-5-1;1-2-5-4-6-3-1;1-2-4-6-5-3-1;3*1-2-4-5-3-1;14*1-2/h2*1-7H;1-6H,7H2;1-6H;1-5H,6H2;1-2H,3H2;1-5H;1-4H,5H2;3*1-4H;1,3-4H,2H2;1-3H,4H2;1-2H,(H,3,4,5);14*1-2H3. The van der Waals surface area contributed by atoms with E-state index in [1.165, 1.54) is 44.7 Å². The Morgan fingerprint density at radius 3 is 1.16 bits per heavy atom. The number of H-pyrrole nitrogens is 1. The maximum Gasteiger partial charge on any atom is 0.197 e. The molecule has 0 spiro atoms. The Kier molecular flexibility index (Phi) is 120. The van der Waals surface area contributed by atoms with Crippen molar-refractivity contribution in [1.29, 1.82) is 0 Å². The highest BCUT2D eigenvalue weighted by atomic mass is 15.3. The van der Waals surface area contributed by atoms with Crippen molar-refractivity contribution in [2.45, 2.75) is 226 Å². The van der Waals surface area contributed by atoms with Crippen LogP contribution >= 0.6 is 0 Å². The molecule has 0 radical (unpaired) electrons. The Morgan fingerprint density at radius 2 is 0.767 bits per heavy atom. The number of benzene rings is 5. The number of aromatic amines is 1. The third-order valence-electron chi connectivity index (χ3n) is 12.9. The highest BCUT2D eigenvalue weighted by molar-refractivity contribution is 5.84. The maximum absolute atomic E-state index is 4.18. The van der Waals surface area contributed by atoms with Crippen molar-refractivity contribution in [1.82, 2.24) is 80.4 Å². The molecule has 0 unspecified atom stereocenters. The summed E-state index contributed by atoms with van der Waals surface area (Å²) in [6, 6.07) is 58.0. The molecular weight excluding hydrogens is 1590 g/mol. The number of aliphatic imine (C=N–C) groups is 3. The summed E-state index contributed by atoms with van der Waals surface area (Å²) in [4.78, 5) is 54.7. The first kappa shape index (κ1) is 131. The Hall–Kier alpha value is -13.8. The van der Waals surface area contributed by atoms with Gasteiger partial charge in [-0.25, -0.2) is 15.0 Å². The normalized spacial score (nSPS) is 9.71. The van der Waals surface area contributed by atoms with E-state index in [-0.39, 0.29) is 0 Å². The minimum absolute atomic E-state index is 0.586. The molecule has 14 aromatic rings. The molecule has 6 aliphatic rings. The van der Waals surface area contributed by atoms with Gasteiger partial charge in [0, 0.05) is 142 Å². The number of fused-ring (bicyclic) bond motifs is 6. The predicted octanol–water partition coefficient (Wildman–Crippen LogP) is 30.8. The zero-order chi connectivity index (χ0) is 97.9. The van der Waals surface area contributed by atoms with E-state index in [1.54, 1.807) is 118 Å². The highest BCUT2D eigenvalue weighted by Gasteiger charge is 2.08. The molecule has 0 saturated heterocycles. The van der Waals surface area contributed by atoms with Gasteiger partial charge >= 0.3 is 0 Å². The summed E-state index contributed by atoms with van der Waals surface area (Å²) in [6.07, 6.45) is 62.9. The van der Waals surface area contributed by atoms with Gasteiger partial charge in [-0.1, -0.05) is 358 Å². The molecule has 20 rings (SSSR count). The zero-order valence-electron chi connectivity index (χ0n) is 83.5. The molecule has 0 fully saturated rings. The Balaban J connectivity index is -0.000000200. The van der Waals surface area contributed by atoms with Gasteiger partial charge < -0.3 is 0 Å². The molecule has 21 nitrogen and oxygen atoms in total. The van der Waals surface area contributed by atoms with Gasteiger partial charge in [0.05, 0.1) is 42.0 Å². The molecule has 0 bridgehead atoms. The van der Waals surface area contributed by atoms with Crippen molar-refractivity contribution in [2.24, 2.45) is 25.2 Å². The molecule has 13 heterocycles. The smallest absolute Gasteiger partial charge is 0.197 e. The van der Waals surface area contributed by atoms with Crippen LogP contribution in [0, 0.1) is 0 Å². The molecule has 2 aliphatic carbocycles. The van der Waals surface area contributed by atoms with Crippen LogP contribution in [-0.4, -0.2) is 106 Å². The number of rotatable bonds is 0. The number of para-hydroxylation sites is 3. The molecule has 696 valence electrons. The van der Waals surface area contributed by atoms with Gasteiger partial charge in [-0.05, 0) is 113 Å². The highest BCUT2D eigenvalue weighted by Crippen LogP contribution is 2.20. The van der Waals surface area contributed by atoms with Crippen LogP contribution in [0.15, 0.2) is 380 Å². The van der Waals surface area contributed by atoms with E-state index in [9.17, 15) is 0 Å². The fourth-order valence-electron chi connectivity index (χ4n) is 8.16. The van der Waals surface area contributed by atoms with Gasteiger partial charge in [-0.2, -0.15) is 30.7 Å². The van der Waals surface area contributed by atoms with Gasteiger partial charge in [0.15, 0.2) is 5.82 Å². The van der Waals surface area contributed by atoms with Crippen molar-refractivity contribution in [3.05, 3.63) is 383 Å². The van der Waals surface area contributed by atoms with E-state index < -0.39 is 0 Å². The van der Waals surface area contributed by atoms with E-state index in [4.69, 9.17) is 0 Å². The largest absolute Gasteiger partial charge is 0.289 e. The lowest BCUT2D eigenvalue weighted by Gasteiger charge is -1.93. The number of nitrogens with one attached hydrogen (secondary N) is 1. The predicted molar refractivity (Wildman–Crippen MR) is 563 cm³/mol. The first-order chi connectivity index (χ1) is 64.3. The van der Waals surface area contributed by atoms with Crippen molar-refractivity contribution >= 4 is 63.2 Å². The summed E-state index contributed by atoms with van der Waals surface area (Å²) in [5.41, 5.74) is 9.29. The van der Waals surface area contributed by atoms with E-state index in [2.05, 4.69) is 203 Å². The Morgan fingerprint density at radius 1 is 0.295 bits per heavy atom. The van der Waals surface area contributed by atoms with E-state index in [0.29, 0.717) is 12.4 Å². The van der Waals surface area contributed by atoms with Crippen LogP contribution in [0.2, 0.25) is 0 Å². The Labute approximate surface area is 779 Å². The third-order valence-corrected chi connectivity index (χ3v) is 12.9. The minimum atomic E-state index is 0.586. The average molecular weight is 1750 g/mol. The van der Waals surface area contributed by atoms with Crippen molar-refractivity contribution in [2.75, 3.05) is 6.54 Å². The van der Waals surface area contributed by atoms with Crippen LogP contribution in [-0.2, 0) is 19.5 Å². The van der Waals surface area contributed by atoms with Gasteiger partial charge in [0.2, 0.25) is 0 Å². The lowest BCUT2D eigenvalue weighted by molar-refractivity contribution is 0.940. The van der Waals surface area contributed by atoms with Crippen LogP contribution < -0.4 is 0 Å². The van der Waals surface area contributed by atoms with Crippen molar-refractivity contribution in [3.8, 4) is 0 Å². The number of allylic oxidation sites excluding steroid dienone is 7. The van der Waals surface area contributed by atoms with Gasteiger partial charge in [0.25, 0.3) is 0 Å². The summed E-state index contributed by atoms with van der Waals surface area (Å²) >= 11 is 0. The van der Waals surface area contributed by atoms with Crippen LogP contribution in [0.3, 0.4) is 0 Å². The molecule has 21 heteroatoms. The number of hydrogen-bond acceptors (Lipinski definition) is 20. The monoisotopic (exact) mass is 1750 g/mol. The van der Waals surface area contributed by atoms with Gasteiger partial charge in [-0.3, -0.25) is 54.8 Å². The van der Waals surface area contributed by atoms with Crippen LogP contribution in [0.4, 0.5) is 5.82 Å². The summed E-state index contributed by atoms with van der Waals surface area (Å²) in [5.74, 6) is 0.664. The zero-order valence-corrected chi connectivity index (χ0v) is 83.5. The number of azo groups is 1. The first-order valence-corrected chi connectivity index (χ1v) is 45.9. The molecule has 4 aliphatic heterocycles. The second kappa shape index (κ2) is 118. The fourth-order valence-corrected chi connectivity index (χ4v) is 8.16. The average Bonchev–Trinajstić information content (AvgIpc) is 1.87. The van der Waals surface area contributed by atoms with Gasteiger partial charge in [0.1, 0.15) is 18.6 Å². The summed E-state index contributed by atoms with van der Waals surface area (Å²) in [7, 11) is 0. The summed E-state index contributed by atoms with van der Waals surface area (Å²) in [6.45, 7) is 58.3. The minimum Gasteiger partial charge on any atom is -0.289 e. The second-order valence-electron chi connectivity index (χ2n) is 20.0. The van der Waals surface area contributed by atoms with Crippen molar-refractivity contribution in [3.63, 3.8) is 0 Å². The summed E-state index contributed by atoms with van der Waals surface area (Å²) < 4.78 is 0. The fraction of sp³-hybridized carbons (Fsp3) is 0.315. The quantitative estimate of drug-likeness (QED) is 0.148. The molecule has 1 N–H and O–H groups in total. The number of aromatic nitrogens is 16. The number of hydrogen-bond donors (Lipinski definition) is 1. The Bertz CT molecular complexity index is 3870. The number of nitrogens with zero attached hydrogens (tertiary/aromatic N) is 20. The topological polar surface area (TPSA) is 271 Å². The van der Waals surface area contributed by atoms with E-state index >= 15 is 0 Å². The maximum atomic E-state index is 4.18. The lowest BCUT2D eigenvalue weighted by Crippen LogP contribution is -1.83. The molecule has 5 aromatic carbocycles. The molecule has 0 amide bonds. The molecule has 129 heavy (non-hydrogen) atoms. The molecular formula is C108H159N21. The first-order valence-electron chi connectivity index (χ1n) is 45.9. The third kappa shape index (κ3) is 78.6. The molecule has 0 atom stereocenters. The van der Waals surface area contributed by atoms with Gasteiger partial charge in [-0.15, -0.1) is 5.11 Å². The second-order valence-corrected chi connectivity index (χ2v) is 20.0.